The smallest absolute Gasteiger partial charge is 0.421 e. The number of carbonyl (C=O) groups is 2. The number of halogens is 3. The van der Waals surface area contributed by atoms with Crippen molar-refractivity contribution in [3.63, 3.8) is 0 Å². The molecule has 326 valence electrons. The van der Waals surface area contributed by atoms with E-state index in [9.17, 15) is 27.9 Å². The lowest BCUT2D eigenvalue weighted by atomic mass is 9.91. The minimum absolute atomic E-state index is 0.128. The first kappa shape index (κ1) is 51.9. The van der Waals surface area contributed by atoms with E-state index in [0.717, 1.165) is 36.8 Å². The summed E-state index contributed by atoms with van der Waals surface area (Å²) in [6.07, 6.45) is -2.21. The third-order valence-electron chi connectivity index (χ3n) is 9.62. The van der Waals surface area contributed by atoms with E-state index in [1.807, 2.05) is 63.2 Å². The first-order chi connectivity index (χ1) is 26.9. The topological polar surface area (TPSA) is 101 Å². The van der Waals surface area contributed by atoms with E-state index >= 15 is 0 Å². The molecule has 4 atom stereocenters. The van der Waals surface area contributed by atoms with Crippen LogP contribution in [-0.4, -0.2) is 54.9 Å². The van der Waals surface area contributed by atoms with E-state index in [1.54, 1.807) is 46.8 Å². The molecule has 3 rings (SSSR count). The second kappa shape index (κ2) is 24.1. The molecule has 0 aromatic heterocycles. The fourth-order valence-electron chi connectivity index (χ4n) is 4.82. The Morgan fingerprint density at radius 3 is 1.62 bits per heavy atom. The normalized spacial score (nSPS) is 14.3. The van der Waals surface area contributed by atoms with Gasteiger partial charge in [-0.2, -0.15) is 13.2 Å². The van der Waals surface area contributed by atoms with Crippen molar-refractivity contribution in [2.45, 2.75) is 145 Å². The van der Waals surface area contributed by atoms with E-state index in [1.165, 1.54) is 17.7 Å². The average molecular weight is 819 g/mol. The largest absolute Gasteiger partial charge is 0.491 e. The zero-order chi connectivity index (χ0) is 44.3. The van der Waals surface area contributed by atoms with E-state index in [0.29, 0.717) is 31.5 Å². The summed E-state index contributed by atoms with van der Waals surface area (Å²) < 4.78 is 65.3. The van der Waals surface area contributed by atoms with Crippen LogP contribution in [0.15, 0.2) is 78.9 Å². The maximum absolute atomic E-state index is 12.6. The molecule has 0 aliphatic carbocycles. The number of esters is 2. The molecule has 3 aromatic rings. The predicted octanol–water partition coefficient (Wildman–Crippen LogP) is 11.9. The van der Waals surface area contributed by atoms with Gasteiger partial charge < -0.3 is 28.8 Å². The van der Waals surface area contributed by atoms with Crippen molar-refractivity contribution in [1.82, 2.24) is 0 Å². The summed E-state index contributed by atoms with van der Waals surface area (Å²) in [4.78, 5) is 22.8. The Balaban J connectivity index is 0.000000452. The highest BCUT2D eigenvalue weighted by Gasteiger charge is 2.51. The van der Waals surface area contributed by atoms with Crippen LogP contribution < -0.4 is 9.47 Å². The third-order valence-corrected chi connectivity index (χ3v) is 9.62. The number of rotatable bonds is 17. The molecule has 4 unspecified atom stereocenters. The number of aliphatic hydroxyl groups is 1. The number of carbonyl (C=O) groups excluding carboxylic acids is 2. The van der Waals surface area contributed by atoms with Gasteiger partial charge in [-0.05, 0) is 114 Å². The second-order valence-electron chi connectivity index (χ2n) is 16.5. The van der Waals surface area contributed by atoms with Gasteiger partial charge in [0, 0.05) is 5.92 Å². The number of ether oxygens (including phenoxy) is 5. The molecule has 8 nitrogen and oxygen atoms in total. The van der Waals surface area contributed by atoms with Gasteiger partial charge >= 0.3 is 18.1 Å². The van der Waals surface area contributed by atoms with Crippen molar-refractivity contribution in [2.24, 2.45) is 11.3 Å². The van der Waals surface area contributed by atoms with Crippen molar-refractivity contribution in [2.75, 3.05) is 19.8 Å². The van der Waals surface area contributed by atoms with Gasteiger partial charge in [0.25, 0.3) is 0 Å². The average Bonchev–Trinajstić information content (AvgIpc) is 3.17. The lowest BCUT2D eigenvalue weighted by molar-refractivity contribution is -0.258. The summed E-state index contributed by atoms with van der Waals surface area (Å²) in [6, 6.07) is 24.1. The monoisotopic (exact) mass is 818 g/mol. The van der Waals surface area contributed by atoms with Crippen molar-refractivity contribution >= 4 is 11.9 Å². The molecule has 0 spiro atoms. The van der Waals surface area contributed by atoms with Crippen LogP contribution in [0.5, 0.6) is 11.5 Å². The molecule has 0 saturated carbocycles. The zero-order valence-corrected chi connectivity index (χ0v) is 37.0. The fourth-order valence-corrected chi connectivity index (χ4v) is 4.82. The first-order valence-electron chi connectivity index (χ1n) is 20.2. The predicted molar refractivity (Wildman–Crippen MR) is 224 cm³/mol. The van der Waals surface area contributed by atoms with Crippen LogP contribution in [-0.2, 0) is 29.4 Å². The van der Waals surface area contributed by atoms with Crippen LogP contribution in [0.4, 0.5) is 13.2 Å². The molecule has 0 radical (unpaired) electrons. The minimum Gasteiger partial charge on any atom is -0.491 e. The maximum atomic E-state index is 12.6. The number of hydrogen-bond acceptors (Lipinski definition) is 8. The number of para-hydroxylation sites is 1. The van der Waals surface area contributed by atoms with Crippen molar-refractivity contribution in [3.8, 4) is 11.5 Å². The Kier molecular flexibility index (Phi) is 21.6. The lowest BCUT2D eigenvalue weighted by Crippen LogP contribution is -2.39. The Hall–Kier alpha value is -4.09. The molecule has 0 amide bonds. The van der Waals surface area contributed by atoms with E-state index in [2.05, 4.69) is 39.8 Å². The number of alkyl halides is 3. The third kappa shape index (κ3) is 18.7. The van der Waals surface area contributed by atoms with Gasteiger partial charge in [0.05, 0.1) is 12.0 Å². The van der Waals surface area contributed by atoms with Gasteiger partial charge in [-0.25, -0.2) is 4.79 Å². The van der Waals surface area contributed by atoms with Gasteiger partial charge in [-0.1, -0.05) is 103 Å². The highest BCUT2D eigenvalue weighted by molar-refractivity contribution is 5.79. The molecule has 0 aliphatic heterocycles. The molecule has 0 fully saturated rings. The first-order valence-corrected chi connectivity index (χ1v) is 20.2. The molecular formula is C47H69F3O8. The molecule has 3 aromatic carbocycles. The van der Waals surface area contributed by atoms with Gasteiger partial charge in [0.1, 0.15) is 23.7 Å². The van der Waals surface area contributed by atoms with Crippen molar-refractivity contribution in [3.05, 3.63) is 95.6 Å². The van der Waals surface area contributed by atoms with E-state index in [-0.39, 0.29) is 30.3 Å². The molecule has 0 bridgehead atoms. The Morgan fingerprint density at radius 2 is 1.19 bits per heavy atom. The molecule has 0 aliphatic rings. The zero-order valence-electron chi connectivity index (χ0n) is 37.0. The summed E-state index contributed by atoms with van der Waals surface area (Å²) >= 11 is 0. The molecule has 0 heterocycles. The second-order valence-corrected chi connectivity index (χ2v) is 16.5. The SMILES string of the molecule is CCC(C)(C)C(=O)OCC(=O)OC(C)(C)C.CCC(C)c1ccc(C(C)(O)C(F)(F)F)cc1.CCC(C)c1ccc(OC(OCCOc2ccccc2)C(C)C)cc1. The summed E-state index contributed by atoms with van der Waals surface area (Å²) in [5, 5.41) is 9.48. The highest BCUT2D eigenvalue weighted by atomic mass is 19.4. The maximum Gasteiger partial charge on any atom is 0.421 e. The quantitative estimate of drug-likeness (QED) is 0.0816. The molecular weight excluding hydrogens is 750 g/mol. The van der Waals surface area contributed by atoms with E-state index in [4.69, 9.17) is 23.7 Å². The standard InChI is InChI=1S/C22H30O3.C13H17F3O.C12H22O4/c1-5-18(4)19-11-13-21(14-12-19)25-22(17(2)3)24-16-15-23-20-9-7-6-8-10-20;1-4-9(2)10-5-7-11(8-6-10)12(3,17)13(14,15)16;1-7-12(5,6)10(14)15-8-9(13)16-11(2,3)4/h6-14,17-18,22H,5,15-16H2,1-4H3;5-9,17H,4H2,1-3H3;7-8H2,1-6H3. The van der Waals surface area contributed by atoms with Crippen LogP contribution in [0, 0.1) is 11.3 Å². The van der Waals surface area contributed by atoms with Gasteiger partial charge in [-0.15, -0.1) is 0 Å². The highest BCUT2D eigenvalue weighted by Crippen LogP contribution is 2.38. The van der Waals surface area contributed by atoms with Crippen LogP contribution in [0.25, 0.3) is 0 Å². The van der Waals surface area contributed by atoms with Gasteiger partial charge in [0.15, 0.2) is 12.2 Å². The Labute approximate surface area is 345 Å². The minimum atomic E-state index is -4.66. The molecule has 58 heavy (non-hydrogen) atoms. The summed E-state index contributed by atoms with van der Waals surface area (Å²) in [5.41, 5.74) is -1.70. The Bertz CT molecular complexity index is 1600. The molecule has 11 heteroatoms. The number of benzene rings is 3. The van der Waals surface area contributed by atoms with Gasteiger partial charge in [-0.3, -0.25) is 4.79 Å². The van der Waals surface area contributed by atoms with Crippen LogP contribution in [0.3, 0.4) is 0 Å². The number of hydrogen-bond donors (Lipinski definition) is 1. The van der Waals surface area contributed by atoms with Crippen LogP contribution in [0.2, 0.25) is 0 Å². The summed E-state index contributed by atoms with van der Waals surface area (Å²) in [5.74, 6) is 1.93. The van der Waals surface area contributed by atoms with Crippen LogP contribution in [0.1, 0.15) is 138 Å². The Morgan fingerprint density at radius 1 is 0.690 bits per heavy atom. The van der Waals surface area contributed by atoms with E-state index < -0.39 is 28.8 Å². The molecule has 0 saturated heterocycles. The summed E-state index contributed by atoms with van der Waals surface area (Å²) in [6.45, 7) is 24.9. The lowest BCUT2D eigenvalue weighted by Gasteiger charge is -2.27. The summed E-state index contributed by atoms with van der Waals surface area (Å²) in [7, 11) is 0. The fraction of sp³-hybridized carbons (Fsp3) is 0.574. The molecule has 1 N–H and O–H groups in total. The van der Waals surface area contributed by atoms with Gasteiger partial charge in [0.2, 0.25) is 6.29 Å². The van der Waals surface area contributed by atoms with Crippen molar-refractivity contribution < 1.29 is 51.6 Å². The van der Waals surface area contributed by atoms with Crippen LogP contribution >= 0.6 is 0 Å². The van der Waals surface area contributed by atoms with Crippen molar-refractivity contribution in [1.29, 1.82) is 0 Å².